The van der Waals surface area contributed by atoms with Crippen molar-refractivity contribution in [3.05, 3.63) is 22.5 Å². The smallest absolute Gasteiger partial charge is 0.0459 e. The average Bonchev–Trinajstić information content (AvgIpc) is 2.55. The van der Waals surface area contributed by atoms with Crippen molar-refractivity contribution in [2.24, 2.45) is 0 Å². The quantitative estimate of drug-likeness (QED) is 0.677. The summed E-state index contributed by atoms with van der Waals surface area (Å²) in [6.45, 7) is 0. The van der Waals surface area contributed by atoms with Crippen molar-refractivity contribution in [3.8, 4) is 0 Å². The van der Waals surface area contributed by atoms with Crippen LogP contribution in [0.25, 0.3) is 0 Å². The summed E-state index contributed by atoms with van der Waals surface area (Å²) in [5.74, 6) is 0. The maximum Gasteiger partial charge on any atom is 0.0459 e. The largest absolute Gasteiger partial charge is 0.398 e. The van der Waals surface area contributed by atoms with Gasteiger partial charge in [0.15, 0.2) is 0 Å². The first-order valence-electron chi connectivity index (χ1n) is 6.65. The number of hydrogen-bond donors (Lipinski definition) is 1. The van der Waals surface area contributed by atoms with E-state index in [9.17, 15) is 0 Å². The predicted octanol–water partition coefficient (Wildman–Crippen LogP) is 2.81. The lowest BCUT2D eigenvalue weighted by molar-refractivity contribution is 0.661. The van der Waals surface area contributed by atoms with Gasteiger partial charge < -0.3 is 5.73 Å². The van der Waals surface area contributed by atoms with Gasteiger partial charge in [0, 0.05) is 17.1 Å². The summed E-state index contributed by atoms with van der Waals surface area (Å²) in [6.07, 6.45) is 11.1. The highest BCUT2D eigenvalue weighted by Gasteiger charge is 2.20. The third-order valence-electron chi connectivity index (χ3n) is 4.05. The molecule has 1 aromatic rings. The van der Waals surface area contributed by atoms with Crippen molar-refractivity contribution in [1.29, 1.82) is 0 Å². The lowest BCUT2D eigenvalue weighted by atomic mass is 9.91. The molecule has 1 heterocycles. The molecular formula is C14H20N2. The zero-order valence-electron chi connectivity index (χ0n) is 9.89. The van der Waals surface area contributed by atoms with Crippen LogP contribution in [0.15, 0.2) is 0 Å². The molecule has 3 rings (SSSR count). The predicted molar refractivity (Wildman–Crippen MR) is 66.6 cm³/mol. The molecule has 86 valence electrons. The van der Waals surface area contributed by atoms with E-state index in [-0.39, 0.29) is 0 Å². The molecule has 0 unspecified atom stereocenters. The minimum atomic E-state index is 1.10. The molecule has 0 bridgehead atoms. The molecule has 2 N–H and O–H groups in total. The first kappa shape index (κ1) is 10.1. The first-order valence-corrected chi connectivity index (χ1v) is 6.65. The number of pyridine rings is 1. The molecule has 0 fully saturated rings. The van der Waals surface area contributed by atoms with Gasteiger partial charge in [-0.1, -0.05) is 6.42 Å². The number of hydrogen-bond acceptors (Lipinski definition) is 2. The molecule has 0 saturated carbocycles. The number of nitrogen functional groups attached to an aromatic ring is 1. The summed E-state index contributed by atoms with van der Waals surface area (Å²) < 4.78 is 0. The second-order valence-electron chi connectivity index (χ2n) is 5.14. The van der Waals surface area contributed by atoms with Crippen LogP contribution in [0.4, 0.5) is 5.69 Å². The summed E-state index contributed by atoms with van der Waals surface area (Å²) in [5.41, 5.74) is 12.8. The molecule has 0 saturated heterocycles. The summed E-state index contributed by atoms with van der Waals surface area (Å²) >= 11 is 0. The fourth-order valence-corrected chi connectivity index (χ4v) is 3.13. The van der Waals surface area contributed by atoms with Gasteiger partial charge in [-0.3, -0.25) is 4.98 Å². The molecule has 0 atom stereocenters. The van der Waals surface area contributed by atoms with Crippen molar-refractivity contribution in [1.82, 2.24) is 4.98 Å². The first-order chi connectivity index (χ1) is 7.86. The monoisotopic (exact) mass is 216 g/mol. The second-order valence-corrected chi connectivity index (χ2v) is 5.14. The van der Waals surface area contributed by atoms with E-state index >= 15 is 0 Å². The number of aromatic nitrogens is 1. The topological polar surface area (TPSA) is 38.9 Å². The van der Waals surface area contributed by atoms with Gasteiger partial charge in [-0.05, 0) is 62.5 Å². The molecule has 2 heteroatoms. The third kappa shape index (κ3) is 1.60. The average molecular weight is 216 g/mol. The highest BCUT2D eigenvalue weighted by molar-refractivity contribution is 5.58. The van der Waals surface area contributed by atoms with Gasteiger partial charge in [-0.25, -0.2) is 0 Å². The molecular weight excluding hydrogens is 196 g/mol. The highest BCUT2D eigenvalue weighted by atomic mass is 14.8. The number of nitrogens with two attached hydrogens (primary N) is 1. The molecule has 2 aliphatic carbocycles. The Kier molecular flexibility index (Phi) is 2.58. The van der Waals surface area contributed by atoms with Gasteiger partial charge in [0.2, 0.25) is 0 Å². The van der Waals surface area contributed by atoms with Gasteiger partial charge in [0.05, 0.1) is 0 Å². The molecule has 16 heavy (non-hydrogen) atoms. The van der Waals surface area contributed by atoms with E-state index in [1.165, 1.54) is 54.6 Å². The number of aryl methyl sites for hydroxylation is 2. The highest BCUT2D eigenvalue weighted by Crippen LogP contribution is 2.32. The molecule has 0 aliphatic heterocycles. The SMILES string of the molecule is Nc1c2c(nc3c1CCCC3)CCCCC2. The van der Waals surface area contributed by atoms with E-state index in [2.05, 4.69) is 0 Å². The molecule has 2 aliphatic rings. The van der Waals surface area contributed by atoms with Crippen molar-refractivity contribution in [3.63, 3.8) is 0 Å². The Hall–Kier alpha value is -1.05. The van der Waals surface area contributed by atoms with Crippen LogP contribution in [0.5, 0.6) is 0 Å². The Morgan fingerprint density at radius 3 is 1.88 bits per heavy atom. The van der Waals surface area contributed by atoms with Crippen LogP contribution in [0.1, 0.15) is 54.6 Å². The van der Waals surface area contributed by atoms with E-state index < -0.39 is 0 Å². The number of fused-ring (bicyclic) bond motifs is 2. The fraction of sp³-hybridized carbons (Fsp3) is 0.643. The third-order valence-corrected chi connectivity index (χ3v) is 4.05. The van der Waals surface area contributed by atoms with Crippen molar-refractivity contribution < 1.29 is 0 Å². The maximum absolute atomic E-state index is 6.35. The van der Waals surface area contributed by atoms with E-state index in [0.29, 0.717) is 0 Å². The minimum Gasteiger partial charge on any atom is -0.398 e. The van der Waals surface area contributed by atoms with Crippen LogP contribution < -0.4 is 5.73 Å². The van der Waals surface area contributed by atoms with Crippen LogP contribution in [0, 0.1) is 0 Å². The maximum atomic E-state index is 6.35. The Morgan fingerprint density at radius 1 is 0.688 bits per heavy atom. The van der Waals surface area contributed by atoms with Gasteiger partial charge in [-0.2, -0.15) is 0 Å². The lowest BCUT2D eigenvalue weighted by Crippen LogP contribution is -2.14. The van der Waals surface area contributed by atoms with E-state index in [1.807, 2.05) is 0 Å². The van der Waals surface area contributed by atoms with Crippen LogP contribution in [-0.4, -0.2) is 4.98 Å². The molecule has 0 spiro atoms. The number of anilines is 1. The Labute approximate surface area is 97.3 Å². The summed E-state index contributed by atoms with van der Waals surface area (Å²) in [5, 5.41) is 0. The molecule has 0 amide bonds. The summed E-state index contributed by atoms with van der Waals surface area (Å²) in [7, 11) is 0. The van der Waals surface area contributed by atoms with Crippen LogP contribution in [0.2, 0.25) is 0 Å². The normalized spacial score (nSPS) is 19.8. The summed E-state index contributed by atoms with van der Waals surface area (Å²) in [6, 6.07) is 0. The van der Waals surface area contributed by atoms with Crippen LogP contribution >= 0.6 is 0 Å². The number of rotatable bonds is 0. The van der Waals surface area contributed by atoms with Gasteiger partial charge in [0.1, 0.15) is 0 Å². The zero-order chi connectivity index (χ0) is 11.0. The molecule has 1 aromatic heterocycles. The van der Waals surface area contributed by atoms with Crippen LogP contribution in [0.3, 0.4) is 0 Å². The summed E-state index contributed by atoms with van der Waals surface area (Å²) in [4.78, 5) is 4.89. The fourth-order valence-electron chi connectivity index (χ4n) is 3.13. The van der Waals surface area contributed by atoms with E-state index in [4.69, 9.17) is 10.7 Å². The van der Waals surface area contributed by atoms with Gasteiger partial charge in [0.25, 0.3) is 0 Å². The van der Waals surface area contributed by atoms with Gasteiger partial charge in [-0.15, -0.1) is 0 Å². The number of nitrogens with zero attached hydrogens (tertiary/aromatic N) is 1. The molecule has 0 radical (unpaired) electrons. The van der Waals surface area contributed by atoms with Crippen LogP contribution in [-0.2, 0) is 25.7 Å². The lowest BCUT2D eigenvalue weighted by Gasteiger charge is -2.21. The van der Waals surface area contributed by atoms with Crippen molar-refractivity contribution in [2.45, 2.75) is 57.8 Å². The Morgan fingerprint density at radius 2 is 1.19 bits per heavy atom. The van der Waals surface area contributed by atoms with E-state index in [0.717, 1.165) is 31.4 Å². The molecule has 0 aromatic carbocycles. The second kappa shape index (κ2) is 4.08. The van der Waals surface area contributed by atoms with Gasteiger partial charge >= 0.3 is 0 Å². The van der Waals surface area contributed by atoms with Crippen molar-refractivity contribution >= 4 is 5.69 Å². The Balaban J connectivity index is 2.12. The van der Waals surface area contributed by atoms with Crippen molar-refractivity contribution in [2.75, 3.05) is 5.73 Å². The minimum absolute atomic E-state index is 1.10. The van der Waals surface area contributed by atoms with E-state index in [1.54, 1.807) is 0 Å². The standard InChI is InChI=1S/C14H20N2/c15-14-10-6-2-1-3-8-12(10)16-13-9-5-4-7-11(13)14/h1-9H2,(H2,15,16). The Bertz CT molecular complexity index is 410. The molecule has 2 nitrogen and oxygen atoms in total. The zero-order valence-corrected chi connectivity index (χ0v) is 9.89.